The standard InChI is InChI=1S/C23H24N4O5S/c1-15-12-21(28)26-22(24-15)16-6-5-7-18(13-16)25-23(29)17-8-9-19(32-2)20(14-17)33(30,31)27-10-3-4-11-27/h5-9,12-14H,3-4,10-11H2,1-2H3,(H,25,29)(H,24,26,28). The van der Waals surface area contributed by atoms with Crippen molar-refractivity contribution in [3.63, 3.8) is 0 Å². The first kappa shape index (κ1) is 22.7. The van der Waals surface area contributed by atoms with E-state index < -0.39 is 15.9 Å². The second-order valence-electron chi connectivity index (χ2n) is 7.75. The third kappa shape index (κ3) is 4.81. The Morgan fingerprint density at radius 2 is 1.88 bits per heavy atom. The molecule has 0 bridgehead atoms. The Hall–Kier alpha value is -3.50. The molecule has 10 heteroatoms. The summed E-state index contributed by atoms with van der Waals surface area (Å²) >= 11 is 0. The molecule has 2 N–H and O–H groups in total. The number of rotatable bonds is 6. The Kier molecular flexibility index (Phi) is 6.30. The number of nitrogens with zero attached hydrogens (tertiary/aromatic N) is 2. The maximum atomic E-state index is 13.1. The number of H-pyrrole nitrogens is 1. The van der Waals surface area contributed by atoms with Crippen molar-refractivity contribution in [3.8, 4) is 17.1 Å². The molecular weight excluding hydrogens is 444 g/mol. The van der Waals surface area contributed by atoms with Gasteiger partial charge in [0, 0.05) is 41.7 Å². The van der Waals surface area contributed by atoms with Gasteiger partial charge in [0.1, 0.15) is 16.5 Å². The number of aromatic amines is 1. The molecule has 0 saturated carbocycles. The molecule has 0 spiro atoms. The van der Waals surface area contributed by atoms with Gasteiger partial charge in [0.2, 0.25) is 10.0 Å². The van der Waals surface area contributed by atoms with Crippen molar-refractivity contribution in [1.82, 2.24) is 14.3 Å². The first-order valence-corrected chi connectivity index (χ1v) is 11.9. The molecule has 172 valence electrons. The molecule has 0 unspecified atom stereocenters. The molecule has 1 aromatic heterocycles. The minimum atomic E-state index is -3.77. The number of carbonyl (C=O) groups is 1. The van der Waals surface area contributed by atoms with E-state index in [4.69, 9.17) is 4.74 Å². The molecule has 1 amide bonds. The van der Waals surface area contributed by atoms with Gasteiger partial charge in [-0.25, -0.2) is 13.4 Å². The lowest BCUT2D eigenvalue weighted by Gasteiger charge is -2.18. The number of methoxy groups -OCH3 is 1. The summed E-state index contributed by atoms with van der Waals surface area (Å²) in [4.78, 5) is 31.7. The van der Waals surface area contributed by atoms with Crippen LogP contribution >= 0.6 is 0 Å². The molecule has 1 fully saturated rings. The third-order valence-electron chi connectivity index (χ3n) is 5.37. The summed E-state index contributed by atoms with van der Waals surface area (Å²) in [7, 11) is -2.38. The van der Waals surface area contributed by atoms with Gasteiger partial charge in [-0.05, 0) is 50.1 Å². The number of anilines is 1. The van der Waals surface area contributed by atoms with E-state index in [1.54, 1.807) is 31.2 Å². The van der Waals surface area contributed by atoms with E-state index >= 15 is 0 Å². The second kappa shape index (κ2) is 9.16. The third-order valence-corrected chi connectivity index (χ3v) is 7.29. The van der Waals surface area contributed by atoms with Gasteiger partial charge in [-0.1, -0.05) is 12.1 Å². The predicted octanol–water partition coefficient (Wildman–Crippen LogP) is 2.79. The number of sulfonamides is 1. The van der Waals surface area contributed by atoms with E-state index in [2.05, 4.69) is 15.3 Å². The van der Waals surface area contributed by atoms with Gasteiger partial charge in [-0.3, -0.25) is 9.59 Å². The number of amides is 1. The molecule has 1 saturated heterocycles. The zero-order valence-electron chi connectivity index (χ0n) is 18.3. The number of carbonyl (C=O) groups excluding carboxylic acids is 1. The van der Waals surface area contributed by atoms with Gasteiger partial charge in [-0.2, -0.15) is 4.31 Å². The van der Waals surface area contributed by atoms with Crippen molar-refractivity contribution >= 4 is 21.6 Å². The minimum absolute atomic E-state index is 0.0326. The largest absolute Gasteiger partial charge is 0.495 e. The lowest BCUT2D eigenvalue weighted by molar-refractivity contribution is 0.102. The van der Waals surface area contributed by atoms with E-state index in [1.165, 1.54) is 35.7 Å². The van der Waals surface area contributed by atoms with E-state index in [-0.39, 0.29) is 21.8 Å². The van der Waals surface area contributed by atoms with Gasteiger partial charge in [0.25, 0.3) is 11.5 Å². The maximum Gasteiger partial charge on any atom is 0.255 e. The monoisotopic (exact) mass is 468 g/mol. The Morgan fingerprint density at radius 1 is 1.12 bits per heavy atom. The molecular formula is C23H24N4O5S. The summed E-state index contributed by atoms with van der Waals surface area (Å²) in [6.07, 6.45) is 1.61. The average molecular weight is 469 g/mol. The highest BCUT2D eigenvalue weighted by atomic mass is 32.2. The number of nitrogens with one attached hydrogen (secondary N) is 2. The number of hydrogen-bond donors (Lipinski definition) is 2. The summed E-state index contributed by atoms with van der Waals surface area (Å²) in [6, 6.07) is 12.6. The Morgan fingerprint density at radius 3 is 2.58 bits per heavy atom. The number of aromatic nitrogens is 2. The fraction of sp³-hybridized carbons (Fsp3) is 0.261. The molecule has 4 rings (SSSR count). The quantitative estimate of drug-likeness (QED) is 0.574. The van der Waals surface area contributed by atoms with Crippen LogP contribution in [0.5, 0.6) is 5.75 Å². The van der Waals surface area contributed by atoms with Crippen molar-refractivity contribution < 1.29 is 17.9 Å². The van der Waals surface area contributed by atoms with Gasteiger partial charge in [0.15, 0.2) is 0 Å². The number of aryl methyl sites for hydroxylation is 1. The number of hydrogen-bond acceptors (Lipinski definition) is 6. The molecule has 0 atom stereocenters. The zero-order chi connectivity index (χ0) is 23.6. The molecule has 0 radical (unpaired) electrons. The lowest BCUT2D eigenvalue weighted by atomic mass is 10.1. The van der Waals surface area contributed by atoms with Crippen LogP contribution in [0.25, 0.3) is 11.4 Å². The maximum absolute atomic E-state index is 13.1. The Balaban J connectivity index is 1.62. The molecule has 33 heavy (non-hydrogen) atoms. The number of ether oxygens (including phenoxy) is 1. The summed E-state index contributed by atoms with van der Waals surface area (Å²) in [5, 5.41) is 2.78. The molecule has 0 aliphatic carbocycles. The van der Waals surface area contributed by atoms with Crippen LogP contribution in [0, 0.1) is 6.92 Å². The van der Waals surface area contributed by atoms with Gasteiger partial charge in [-0.15, -0.1) is 0 Å². The molecule has 9 nitrogen and oxygen atoms in total. The topological polar surface area (TPSA) is 121 Å². The van der Waals surface area contributed by atoms with Gasteiger partial charge >= 0.3 is 0 Å². The minimum Gasteiger partial charge on any atom is -0.495 e. The molecule has 1 aliphatic heterocycles. The lowest BCUT2D eigenvalue weighted by Crippen LogP contribution is -2.28. The first-order chi connectivity index (χ1) is 15.8. The van der Waals surface area contributed by atoms with E-state index in [1.807, 2.05) is 0 Å². The van der Waals surface area contributed by atoms with Crippen LogP contribution in [0.3, 0.4) is 0 Å². The van der Waals surface area contributed by atoms with Crippen molar-refractivity contribution in [2.75, 3.05) is 25.5 Å². The van der Waals surface area contributed by atoms with Crippen LogP contribution in [0.1, 0.15) is 28.9 Å². The predicted molar refractivity (Wildman–Crippen MR) is 124 cm³/mol. The first-order valence-electron chi connectivity index (χ1n) is 10.5. The average Bonchev–Trinajstić information content (AvgIpc) is 3.34. The Labute approximate surface area is 191 Å². The van der Waals surface area contributed by atoms with Crippen molar-refractivity contribution in [2.45, 2.75) is 24.7 Å². The fourth-order valence-electron chi connectivity index (χ4n) is 3.75. The summed E-state index contributed by atoms with van der Waals surface area (Å²) in [6.45, 7) is 2.62. The SMILES string of the molecule is COc1ccc(C(=O)Nc2cccc(-c3nc(C)cc(=O)[nH]3)c2)cc1S(=O)(=O)N1CCCC1. The van der Waals surface area contributed by atoms with Crippen LogP contribution in [-0.2, 0) is 10.0 Å². The Bertz CT molecular complexity index is 1360. The van der Waals surface area contributed by atoms with Crippen LogP contribution in [0.2, 0.25) is 0 Å². The van der Waals surface area contributed by atoms with Crippen LogP contribution in [0.4, 0.5) is 5.69 Å². The molecule has 2 aromatic carbocycles. The second-order valence-corrected chi connectivity index (χ2v) is 9.65. The highest BCUT2D eigenvalue weighted by molar-refractivity contribution is 7.89. The normalized spacial score (nSPS) is 14.2. The van der Waals surface area contributed by atoms with E-state index in [0.29, 0.717) is 35.9 Å². The molecule has 3 aromatic rings. The fourth-order valence-corrected chi connectivity index (χ4v) is 5.45. The van der Waals surface area contributed by atoms with Crippen molar-refractivity contribution in [2.24, 2.45) is 0 Å². The summed E-state index contributed by atoms with van der Waals surface area (Å²) in [5.41, 5.74) is 1.59. The number of benzene rings is 2. The zero-order valence-corrected chi connectivity index (χ0v) is 19.1. The van der Waals surface area contributed by atoms with Crippen LogP contribution in [-0.4, -0.2) is 48.8 Å². The highest BCUT2D eigenvalue weighted by Gasteiger charge is 2.30. The van der Waals surface area contributed by atoms with Crippen molar-refractivity contribution in [1.29, 1.82) is 0 Å². The van der Waals surface area contributed by atoms with Crippen LogP contribution in [0.15, 0.2) is 58.2 Å². The van der Waals surface area contributed by atoms with Crippen molar-refractivity contribution in [3.05, 3.63) is 70.1 Å². The van der Waals surface area contributed by atoms with Gasteiger partial charge < -0.3 is 15.0 Å². The van der Waals surface area contributed by atoms with Crippen LogP contribution < -0.4 is 15.6 Å². The summed E-state index contributed by atoms with van der Waals surface area (Å²) in [5.74, 6) is 0.104. The molecule has 2 heterocycles. The smallest absolute Gasteiger partial charge is 0.255 e. The highest BCUT2D eigenvalue weighted by Crippen LogP contribution is 2.30. The van der Waals surface area contributed by atoms with E-state index in [0.717, 1.165) is 12.8 Å². The molecule has 1 aliphatic rings. The van der Waals surface area contributed by atoms with E-state index in [9.17, 15) is 18.0 Å². The van der Waals surface area contributed by atoms with Gasteiger partial charge in [0.05, 0.1) is 7.11 Å². The summed E-state index contributed by atoms with van der Waals surface area (Å²) < 4.78 is 32.8.